The van der Waals surface area contributed by atoms with Crippen LogP contribution < -0.4 is 15.0 Å². The van der Waals surface area contributed by atoms with Gasteiger partial charge in [-0.1, -0.05) is 23.4 Å². The van der Waals surface area contributed by atoms with Crippen molar-refractivity contribution in [3.63, 3.8) is 0 Å². The molecule has 0 aliphatic carbocycles. The number of H-pyrrole nitrogens is 1. The van der Waals surface area contributed by atoms with Crippen LogP contribution in [0.2, 0.25) is 0 Å². The summed E-state index contributed by atoms with van der Waals surface area (Å²) in [6, 6.07) is 25.3. The van der Waals surface area contributed by atoms with E-state index in [2.05, 4.69) is 30.6 Å². The molecule has 1 atom stereocenters. The molecule has 3 heterocycles. The number of nitrogens with one attached hydrogen (secondary N) is 2. The Morgan fingerprint density at radius 3 is 2.70 bits per heavy atom. The molecule has 1 aliphatic rings. The Balaban J connectivity index is 1.12. The quantitative estimate of drug-likeness (QED) is 0.342. The van der Waals surface area contributed by atoms with Gasteiger partial charge in [0.25, 0.3) is 5.91 Å². The highest BCUT2D eigenvalue weighted by atomic mass is 19.1. The lowest BCUT2D eigenvalue weighted by Crippen LogP contribution is -2.24. The van der Waals surface area contributed by atoms with E-state index in [1.165, 1.54) is 12.1 Å². The van der Waals surface area contributed by atoms with Crippen molar-refractivity contribution in [2.75, 3.05) is 23.3 Å². The van der Waals surface area contributed by atoms with Crippen LogP contribution in [0.4, 0.5) is 15.8 Å². The van der Waals surface area contributed by atoms with Crippen LogP contribution in [0, 0.1) is 5.82 Å². The lowest BCUT2D eigenvalue weighted by molar-refractivity contribution is 0.102. The van der Waals surface area contributed by atoms with Gasteiger partial charge >= 0.3 is 0 Å². The van der Waals surface area contributed by atoms with Crippen LogP contribution in [-0.4, -0.2) is 45.5 Å². The second-order valence-corrected chi connectivity index (χ2v) is 8.86. The highest BCUT2D eigenvalue weighted by Crippen LogP contribution is 2.26. The lowest BCUT2D eigenvalue weighted by atomic mass is 10.1. The van der Waals surface area contributed by atoms with Crippen LogP contribution in [0.25, 0.3) is 22.4 Å². The topological polar surface area (TPSA) is 96.0 Å². The molecule has 1 fully saturated rings. The standard InChI is InChI=1S/C28H23FN6O2/c29-24-11-6-18(25-12-13-26-27(31-25)33-34-32-26)16-23(24)28(36)30-19-7-9-20(10-8-19)35-15-14-22(17-35)37-21-4-2-1-3-5-21/h1-13,16,22H,14-15,17H2,(H,30,36)(H,31,32,33,34). The number of anilines is 2. The maximum atomic E-state index is 14.6. The van der Waals surface area contributed by atoms with Gasteiger partial charge in [0.2, 0.25) is 5.65 Å². The minimum absolute atomic E-state index is 0.0657. The van der Waals surface area contributed by atoms with Crippen molar-refractivity contribution in [2.24, 2.45) is 0 Å². The van der Waals surface area contributed by atoms with Crippen molar-refractivity contribution in [2.45, 2.75) is 12.5 Å². The fourth-order valence-corrected chi connectivity index (χ4v) is 4.46. The van der Waals surface area contributed by atoms with Gasteiger partial charge in [-0.15, -0.1) is 5.10 Å². The van der Waals surface area contributed by atoms with Crippen molar-refractivity contribution in [3.8, 4) is 17.0 Å². The number of nitrogens with zero attached hydrogens (tertiary/aromatic N) is 4. The SMILES string of the molecule is O=C(Nc1ccc(N2CCC(Oc3ccccc3)C2)cc1)c1cc(-c2ccc3[nH]nnc3n2)ccc1F. The summed E-state index contributed by atoms with van der Waals surface area (Å²) in [6.07, 6.45) is 1.05. The zero-order chi connectivity index (χ0) is 25.2. The third kappa shape index (κ3) is 4.84. The van der Waals surface area contributed by atoms with Gasteiger partial charge in [-0.2, -0.15) is 0 Å². The van der Waals surface area contributed by atoms with Crippen molar-refractivity contribution in [1.82, 2.24) is 20.4 Å². The van der Waals surface area contributed by atoms with Crippen molar-refractivity contribution in [3.05, 3.63) is 96.3 Å². The van der Waals surface area contributed by atoms with Crippen LogP contribution in [0.1, 0.15) is 16.8 Å². The molecule has 1 aliphatic heterocycles. The van der Waals surface area contributed by atoms with Crippen LogP contribution in [-0.2, 0) is 0 Å². The molecule has 2 aromatic heterocycles. The Bertz CT molecular complexity index is 1550. The first-order chi connectivity index (χ1) is 18.1. The normalized spacial score (nSPS) is 15.2. The van der Waals surface area contributed by atoms with E-state index in [0.717, 1.165) is 30.9 Å². The Hall–Kier alpha value is -4.79. The Morgan fingerprint density at radius 2 is 1.86 bits per heavy atom. The molecule has 0 radical (unpaired) electrons. The highest BCUT2D eigenvalue weighted by Gasteiger charge is 2.24. The minimum Gasteiger partial charge on any atom is -0.489 e. The molecular formula is C28H23FN6O2. The number of rotatable bonds is 6. The molecule has 184 valence electrons. The highest BCUT2D eigenvalue weighted by molar-refractivity contribution is 6.05. The first-order valence-corrected chi connectivity index (χ1v) is 12.0. The van der Waals surface area contributed by atoms with Crippen molar-refractivity contribution >= 4 is 28.4 Å². The summed E-state index contributed by atoms with van der Waals surface area (Å²) in [4.78, 5) is 19.6. The molecule has 37 heavy (non-hydrogen) atoms. The molecule has 3 aromatic carbocycles. The van der Waals surface area contributed by atoms with Gasteiger partial charge < -0.3 is 15.0 Å². The maximum Gasteiger partial charge on any atom is 0.258 e. The Kier molecular flexibility index (Phi) is 5.94. The summed E-state index contributed by atoms with van der Waals surface area (Å²) in [5.74, 6) is -0.271. The fourth-order valence-electron chi connectivity index (χ4n) is 4.46. The summed E-state index contributed by atoms with van der Waals surface area (Å²) >= 11 is 0. The van der Waals surface area contributed by atoms with E-state index in [1.807, 2.05) is 54.6 Å². The number of hydrogen-bond donors (Lipinski definition) is 2. The molecule has 9 heteroatoms. The molecule has 8 nitrogen and oxygen atoms in total. The van der Waals surface area contributed by atoms with Crippen LogP contribution in [0.5, 0.6) is 5.75 Å². The average molecular weight is 495 g/mol. The number of para-hydroxylation sites is 1. The second kappa shape index (κ2) is 9.69. The Labute approximate surface area is 212 Å². The predicted molar refractivity (Wildman–Crippen MR) is 139 cm³/mol. The van der Waals surface area contributed by atoms with Crippen molar-refractivity contribution < 1.29 is 13.9 Å². The Morgan fingerprint density at radius 1 is 1.03 bits per heavy atom. The predicted octanol–water partition coefficient (Wildman–Crippen LogP) is 5.07. The molecule has 5 aromatic rings. The number of carbonyl (C=O) groups excluding carboxylic acids is 1. The molecule has 1 amide bonds. The summed E-state index contributed by atoms with van der Waals surface area (Å²) in [5.41, 5.74) is 3.87. The van der Waals surface area contributed by atoms with E-state index < -0.39 is 11.7 Å². The van der Waals surface area contributed by atoms with E-state index in [4.69, 9.17) is 4.74 Å². The first-order valence-electron chi connectivity index (χ1n) is 12.0. The summed E-state index contributed by atoms with van der Waals surface area (Å²) in [6.45, 7) is 1.67. The number of pyridine rings is 1. The van der Waals surface area contributed by atoms with Gasteiger partial charge in [0, 0.05) is 29.9 Å². The van der Waals surface area contributed by atoms with Crippen molar-refractivity contribution in [1.29, 1.82) is 0 Å². The van der Waals surface area contributed by atoms with E-state index in [-0.39, 0.29) is 11.7 Å². The van der Waals surface area contributed by atoms with E-state index in [1.54, 1.807) is 18.2 Å². The van der Waals surface area contributed by atoms with Crippen LogP contribution in [0.3, 0.4) is 0 Å². The van der Waals surface area contributed by atoms with Crippen LogP contribution in [0.15, 0.2) is 84.9 Å². The van der Waals surface area contributed by atoms with Gasteiger partial charge in [-0.3, -0.25) is 9.89 Å². The number of hydrogen-bond acceptors (Lipinski definition) is 6. The number of aromatic nitrogens is 4. The average Bonchev–Trinajstić information content (AvgIpc) is 3.59. The molecule has 1 unspecified atom stereocenters. The third-order valence-electron chi connectivity index (χ3n) is 6.38. The van der Waals surface area contributed by atoms with Gasteiger partial charge in [0.1, 0.15) is 23.2 Å². The molecular weight excluding hydrogens is 471 g/mol. The number of carbonyl (C=O) groups is 1. The number of ether oxygens (including phenoxy) is 1. The molecule has 2 N–H and O–H groups in total. The lowest BCUT2D eigenvalue weighted by Gasteiger charge is -2.19. The zero-order valence-electron chi connectivity index (χ0n) is 19.8. The monoisotopic (exact) mass is 494 g/mol. The molecule has 0 bridgehead atoms. The number of benzene rings is 3. The summed E-state index contributed by atoms with van der Waals surface area (Å²) < 4.78 is 20.7. The van der Waals surface area contributed by atoms with E-state index >= 15 is 0 Å². The first kappa shape index (κ1) is 22.7. The van der Waals surface area contributed by atoms with E-state index in [9.17, 15) is 9.18 Å². The van der Waals surface area contributed by atoms with E-state index in [0.29, 0.717) is 28.1 Å². The maximum absolute atomic E-state index is 14.6. The number of halogens is 1. The minimum atomic E-state index is -0.609. The summed E-state index contributed by atoms with van der Waals surface area (Å²) in [7, 11) is 0. The number of aromatic amines is 1. The van der Waals surface area contributed by atoms with Gasteiger partial charge in [-0.25, -0.2) is 9.37 Å². The largest absolute Gasteiger partial charge is 0.489 e. The number of fused-ring (bicyclic) bond motifs is 1. The summed E-state index contributed by atoms with van der Waals surface area (Å²) in [5, 5.41) is 13.2. The molecule has 0 saturated carbocycles. The number of amides is 1. The van der Waals surface area contributed by atoms with Gasteiger partial charge in [0.15, 0.2) is 0 Å². The van der Waals surface area contributed by atoms with Gasteiger partial charge in [-0.05, 0) is 66.7 Å². The second-order valence-electron chi connectivity index (χ2n) is 8.86. The zero-order valence-corrected chi connectivity index (χ0v) is 19.8. The molecule has 1 saturated heterocycles. The smallest absolute Gasteiger partial charge is 0.258 e. The fraction of sp³-hybridized carbons (Fsp3) is 0.143. The third-order valence-corrected chi connectivity index (χ3v) is 6.38. The molecule has 6 rings (SSSR count). The molecule has 0 spiro atoms. The van der Waals surface area contributed by atoms with Crippen LogP contribution >= 0.6 is 0 Å². The van der Waals surface area contributed by atoms with Gasteiger partial charge in [0.05, 0.1) is 17.8 Å².